The summed E-state index contributed by atoms with van der Waals surface area (Å²) in [6.07, 6.45) is 8.51. The van der Waals surface area contributed by atoms with E-state index in [4.69, 9.17) is 9.72 Å². The van der Waals surface area contributed by atoms with Gasteiger partial charge in [-0.3, -0.25) is 4.90 Å². The first-order chi connectivity index (χ1) is 19.0. The van der Waals surface area contributed by atoms with Gasteiger partial charge in [0.15, 0.2) is 0 Å². The van der Waals surface area contributed by atoms with E-state index in [1.54, 1.807) is 24.5 Å². The second kappa shape index (κ2) is 14.7. The average Bonchev–Trinajstić information content (AvgIpc) is 2.94. The number of aliphatic carboxylic acids is 1. The van der Waals surface area contributed by atoms with E-state index >= 15 is 0 Å². The highest BCUT2D eigenvalue weighted by Gasteiger charge is 2.20. The van der Waals surface area contributed by atoms with Gasteiger partial charge in [0.05, 0.1) is 4.47 Å². The predicted molar refractivity (Wildman–Crippen MR) is 152 cm³/mol. The number of hydrogen-bond acceptors (Lipinski definition) is 8. The van der Waals surface area contributed by atoms with Crippen molar-refractivity contribution in [2.45, 2.75) is 44.6 Å². The van der Waals surface area contributed by atoms with Crippen LogP contribution in [0.5, 0.6) is 5.75 Å². The van der Waals surface area contributed by atoms with Gasteiger partial charge in [-0.25, -0.2) is 24.1 Å². The molecule has 3 N–H and O–H groups in total. The van der Waals surface area contributed by atoms with Gasteiger partial charge >= 0.3 is 5.97 Å². The molecule has 0 spiro atoms. The molecule has 11 heteroatoms. The van der Waals surface area contributed by atoms with Crippen LogP contribution in [0, 0.1) is 5.82 Å². The lowest BCUT2D eigenvalue weighted by atomic mass is 10.1. The Morgan fingerprint density at radius 1 is 1.13 bits per heavy atom. The summed E-state index contributed by atoms with van der Waals surface area (Å²) >= 11 is 3.28. The van der Waals surface area contributed by atoms with Crippen molar-refractivity contribution in [2.24, 2.45) is 0 Å². The van der Waals surface area contributed by atoms with Crippen molar-refractivity contribution in [3.8, 4) is 5.75 Å². The predicted octanol–water partition coefficient (Wildman–Crippen LogP) is 4.79. The fourth-order valence-electron chi connectivity index (χ4n) is 4.42. The quantitative estimate of drug-likeness (QED) is 0.212. The Labute approximate surface area is 236 Å². The number of benzene rings is 1. The number of fused-ring (bicyclic) bond motifs is 1. The Hall–Kier alpha value is -3.31. The summed E-state index contributed by atoms with van der Waals surface area (Å²) in [5.74, 6) is 0.608. The lowest BCUT2D eigenvalue weighted by Crippen LogP contribution is -2.37. The zero-order valence-corrected chi connectivity index (χ0v) is 23.4. The number of nitrogens with zero attached hydrogens (tertiary/aromatic N) is 4. The molecule has 0 saturated heterocycles. The van der Waals surface area contributed by atoms with Crippen molar-refractivity contribution >= 4 is 33.7 Å². The SMILES string of the molecule is O=C(O)[C@H](CCN(CCCCc1ccc2c(n1)NCCC2)CCOc1ccc(F)cc1)Nc1ncc(Br)cn1. The maximum atomic E-state index is 13.2. The second-order valence-corrected chi connectivity index (χ2v) is 10.4. The smallest absolute Gasteiger partial charge is 0.326 e. The monoisotopic (exact) mass is 600 g/mol. The number of ether oxygens (including phenoxy) is 1. The number of pyridine rings is 1. The number of carboxylic acids is 1. The third kappa shape index (κ3) is 9.43. The zero-order valence-electron chi connectivity index (χ0n) is 21.8. The fraction of sp³-hybridized carbons (Fsp3) is 0.429. The molecule has 3 heterocycles. The average molecular weight is 602 g/mol. The molecule has 1 aromatic carbocycles. The highest BCUT2D eigenvalue weighted by molar-refractivity contribution is 9.10. The van der Waals surface area contributed by atoms with Crippen LogP contribution < -0.4 is 15.4 Å². The molecule has 0 unspecified atom stereocenters. The molecule has 0 radical (unpaired) electrons. The number of aryl methyl sites for hydroxylation is 2. The summed E-state index contributed by atoms with van der Waals surface area (Å²) in [7, 11) is 0. The van der Waals surface area contributed by atoms with Crippen molar-refractivity contribution in [2.75, 3.05) is 43.4 Å². The van der Waals surface area contributed by atoms with E-state index in [1.165, 1.54) is 17.7 Å². The summed E-state index contributed by atoms with van der Waals surface area (Å²) in [4.78, 5) is 27.2. The zero-order chi connectivity index (χ0) is 27.5. The first-order valence-corrected chi connectivity index (χ1v) is 14.1. The Balaban J connectivity index is 1.29. The minimum absolute atomic E-state index is 0.267. The number of halogens is 2. The van der Waals surface area contributed by atoms with Crippen LogP contribution in [-0.4, -0.2) is 69.8 Å². The molecule has 9 nitrogen and oxygen atoms in total. The van der Waals surface area contributed by atoms with E-state index < -0.39 is 12.0 Å². The Morgan fingerprint density at radius 3 is 2.69 bits per heavy atom. The van der Waals surface area contributed by atoms with Crippen molar-refractivity contribution < 1.29 is 19.0 Å². The third-order valence-corrected chi connectivity index (χ3v) is 6.96. The Kier molecular flexibility index (Phi) is 10.8. The van der Waals surface area contributed by atoms with Crippen LogP contribution in [0.4, 0.5) is 16.2 Å². The Bertz CT molecular complexity index is 1200. The molecule has 1 aliphatic heterocycles. The van der Waals surface area contributed by atoms with Gasteiger partial charge in [-0.2, -0.15) is 0 Å². The minimum Gasteiger partial charge on any atom is -0.492 e. The van der Waals surface area contributed by atoms with Crippen molar-refractivity contribution in [1.82, 2.24) is 19.9 Å². The van der Waals surface area contributed by atoms with Gasteiger partial charge in [0.2, 0.25) is 5.95 Å². The summed E-state index contributed by atoms with van der Waals surface area (Å²) in [6.45, 7) is 3.33. The van der Waals surface area contributed by atoms with Crippen LogP contribution in [0.2, 0.25) is 0 Å². The van der Waals surface area contributed by atoms with Crippen LogP contribution in [0.25, 0.3) is 0 Å². The van der Waals surface area contributed by atoms with E-state index in [0.717, 1.165) is 56.7 Å². The van der Waals surface area contributed by atoms with E-state index in [2.05, 4.69) is 53.6 Å². The lowest BCUT2D eigenvalue weighted by Gasteiger charge is -2.24. The molecule has 0 saturated carbocycles. The van der Waals surface area contributed by atoms with Crippen molar-refractivity contribution in [3.63, 3.8) is 0 Å². The van der Waals surface area contributed by atoms with E-state index in [1.807, 2.05) is 0 Å². The molecule has 0 aliphatic carbocycles. The number of hydrogen-bond donors (Lipinski definition) is 3. The van der Waals surface area contributed by atoms with Gasteiger partial charge in [0.1, 0.15) is 30.0 Å². The molecular formula is C28H34BrFN6O3. The van der Waals surface area contributed by atoms with Crippen LogP contribution >= 0.6 is 15.9 Å². The number of anilines is 2. The highest BCUT2D eigenvalue weighted by Crippen LogP contribution is 2.20. The summed E-state index contributed by atoms with van der Waals surface area (Å²) < 4.78 is 19.7. The summed E-state index contributed by atoms with van der Waals surface area (Å²) in [5.41, 5.74) is 2.37. The molecule has 0 fully saturated rings. The first kappa shape index (κ1) is 28.7. The topological polar surface area (TPSA) is 112 Å². The number of nitrogens with one attached hydrogen (secondary N) is 2. The van der Waals surface area contributed by atoms with Crippen LogP contribution in [0.3, 0.4) is 0 Å². The van der Waals surface area contributed by atoms with Gasteiger partial charge in [0.25, 0.3) is 0 Å². The second-order valence-electron chi connectivity index (χ2n) is 9.49. The minimum atomic E-state index is -0.962. The molecule has 3 aromatic rings. The van der Waals surface area contributed by atoms with Crippen LogP contribution in [0.1, 0.15) is 36.9 Å². The van der Waals surface area contributed by atoms with Crippen LogP contribution in [-0.2, 0) is 17.6 Å². The van der Waals surface area contributed by atoms with Crippen molar-refractivity contribution in [1.29, 1.82) is 0 Å². The van der Waals surface area contributed by atoms with E-state index in [-0.39, 0.29) is 11.8 Å². The van der Waals surface area contributed by atoms with Gasteiger partial charge in [0, 0.05) is 37.7 Å². The first-order valence-electron chi connectivity index (χ1n) is 13.3. The molecule has 0 bridgehead atoms. The number of carbonyl (C=O) groups is 1. The highest BCUT2D eigenvalue weighted by atomic mass is 79.9. The summed E-state index contributed by atoms with van der Waals surface area (Å²) in [6, 6.07) is 9.39. The van der Waals surface area contributed by atoms with Gasteiger partial charge < -0.3 is 20.5 Å². The maximum Gasteiger partial charge on any atom is 0.326 e. The molecule has 1 atom stereocenters. The molecule has 4 rings (SSSR count). The van der Waals surface area contributed by atoms with Gasteiger partial charge in [-0.05, 0) is 96.9 Å². The normalized spacial score (nSPS) is 13.4. The number of unbranched alkanes of at least 4 members (excludes halogenated alkanes) is 1. The molecular weight excluding hydrogens is 567 g/mol. The number of rotatable bonds is 15. The third-order valence-electron chi connectivity index (χ3n) is 6.55. The molecule has 39 heavy (non-hydrogen) atoms. The standard InChI is InChI=1S/C28H34BrFN6O3/c29-21-18-32-28(33-19-21)35-25(27(37)38)12-15-36(16-17-39-24-10-7-22(30)8-11-24)14-2-1-5-23-9-6-20-4-3-13-31-26(20)34-23/h6-11,18-19,25H,1-5,12-17H2,(H,31,34)(H,37,38)(H,32,33,35)/t25-/m0/s1. The van der Waals surface area contributed by atoms with Gasteiger partial charge in [-0.1, -0.05) is 6.07 Å². The Morgan fingerprint density at radius 2 is 1.92 bits per heavy atom. The molecule has 2 aromatic heterocycles. The summed E-state index contributed by atoms with van der Waals surface area (Å²) in [5, 5.41) is 16.1. The fourth-order valence-corrected chi connectivity index (χ4v) is 4.62. The molecule has 1 aliphatic rings. The van der Waals surface area contributed by atoms with E-state index in [9.17, 15) is 14.3 Å². The number of aromatic nitrogens is 3. The maximum absolute atomic E-state index is 13.2. The number of carboxylic acid groups (broad SMARTS) is 1. The lowest BCUT2D eigenvalue weighted by molar-refractivity contribution is -0.138. The van der Waals surface area contributed by atoms with E-state index in [0.29, 0.717) is 36.3 Å². The van der Waals surface area contributed by atoms with Crippen LogP contribution in [0.15, 0.2) is 53.3 Å². The molecule has 0 amide bonds. The largest absolute Gasteiger partial charge is 0.492 e. The van der Waals surface area contributed by atoms with Gasteiger partial charge in [-0.15, -0.1) is 0 Å². The van der Waals surface area contributed by atoms with Crippen molar-refractivity contribution in [3.05, 3.63) is 70.3 Å². The molecule has 208 valence electrons.